The highest BCUT2D eigenvalue weighted by Gasteiger charge is 2.35. The summed E-state index contributed by atoms with van der Waals surface area (Å²) in [5.41, 5.74) is 1.32. The summed E-state index contributed by atoms with van der Waals surface area (Å²) < 4.78 is 43.1. The van der Waals surface area contributed by atoms with Crippen molar-refractivity contribution in [2.75, 3.05) is 28.8 Å². The summed E-state index contributed by atoms with van der Waals surface area (Å²) >= 11 is 0. The highest BCUT2D eigenvalue weighted by Crippen LogP contribution is 2.36. The number of urea groups is 1. The fourth-order valence-electron chi connectivity index (χ4n) is 3.37. The van der Waals surface area contributed by atoms with E-state index in [1.54, 1.807) is 24.3 Å². The number of methoxy groups -OCH3 is 1. The molecule has 0 spiro atoms. The average Bonchev–Trinajstić information content (AvgIpc) is 2.82. The number of carbonyl (C=O) groups is 2. The predicted octanol–water partition coefficient (Wildman–Crippen LogP) is 4.44. The minimum Gasteiger partial charge on any atom is -0.497 e. The first kappa shape index (κ1) is 22.8. The molecule has 0 fully saturated rings. The van der Waals surface area contributed by atoms with E-state index in [1.165, 1.54) is 47.4 Å². The number of hydrogen-bond donors (Lipinski definition) is 2. The van der Waals surface area contributed by atoms with Crippen LogP contribution in [0.3, 0.4) is 0 Å². The number of fused-ring (bicyclic) bond motifs is 1. The zero-order chi connectivity index (χ0) is 24.5. The van der Waals surface area contributed by atoms with Crippen molar-refractivity contribution in [2.24, 2.45) is 0 Å². The molecule has 0 unspecified atom stereocenters. The Hall–Kier alpha value is -4.35. The van der Waals surface area contributed by atoms with Crippen molar-refractivity contribution in [3.05, 3.63) is 65.9 Å². The van der Waals surface area contributed by atoms with Crippen LogP contribution in [0.15, 0.2) is 54.7 Å². The quantitative estimate of drug-likeness (QED) is 0.545. The second-order valence-electron chi connectivity index (χ2n) is 7.27. The highest BCUT2D eigenvalue weighted by atomic mass is 19.4. The molecule has 2 N–H and O–H groups in total. The summed E-state index contributed by atoms with van der Waals surface area (Å²) in [5.74, 6) is -0.748. The van der Waals surface area contributed by atoms with E-state index in [1.807, 2.05) is 0 Å². The van der Waals surface area contributed by atoms with E-state index in [2.05, 4.69) is 15.3 Å². The van der Waals surface area contributed by atoms with E-state index < -0.39 is 24.7 Å². The van der Waals surface area contributed by atoms with Gasteiger partial charge in [-0.05, 0) is 48.5 Å². The van der Waals surface area contributed by atoms with Crippen molar-refractivity contribution >= 4 is 35.1 Å². The van der Waals surface area contributed by atoms with Gasteiger partial charge in [-0.15, -0.1) is 0 Å². The number of aromatic carboxylic acids is 1. The third-order valence-electron chi connectivity index (χ3n) is 5.01. The molecule has 1 aliphatic heterocycles. The number of hydrogen-bond acceptors (Lipinski definition) is 6. The van der Waals surface area contributed by atoms with Gasteiger partial charge < -0.3 is 15.2 Å². The minimum absolute atomic E-state index is 0.00987. The smallest absolute Gasteiger partial charge is 0.405 e. The van der Waals surface area contributed by atoms with Gasteiger partial charge in [0.2, 0.25) is 5.95 Å². The molecule has 2 heterocycles. The van der Waals surface area contributed by atoms with Crippen molar-refractivity contribution in [2.45, 2.75) is 12.7 Å². The lowest BCUT2D eigenvalue weighted by Gasteiger charge is -2.36. The van der Waals surface area contributed by atoms with Gasteiger partial charge in [-0.3, -0.25) is 4.90 Å². The molecule has 34 heavy (non-hydrogen) atoms. The lowest BCUT2D eigenvalue weighted by Crippen LogP contribution is -2.45. The van der Waals surface area contributed by atoms with Crippen molar-refractivity contribution in [1.29, 1.82) is 0 Å². The second-order valence-corrected chi connectivity index (χ2v) is 7.27. The molecule has 3 aromatic rings. The fraction of sp³-hybridized carbons (Fsp3) is 0.182. The third kappa shape index (κ3) is 4.70. The molecule has 0 aliphatic carbocycles. The van der Waals surface area contributed by atoms with Crippen LogP contribution >= 0.6 is 0 Å². The van der Waals surface area contributed by atoms with E-state index in [4.69, 9.17) is 4.74 Å². The van der Waals surface area contributed by atoms with Gasteiger partial charge in [0.05, 0.1) is 24.9 Å². The molecule has 9 nitrogen and oxygen atoms in total. The summed E-state index contributed by atoms with van der Waals surface area (Å²) in [6.07, 6.45) is -3.13. The lowest BCUT2D eigenvalue weighted by molar-refractivity contribution is -0.115. The van der Waals surface area contributed by atoms with Crippen LogP contribution in [0.25, 0.3) is 0 Å². The fourth-order valence-corrected chi connectivity index (χ4v) is 3.37. The van der Waals surface area contributed by atoms with Gasteiger partial charge in [-0.2, -0.15) is 18.2 Å². The SMILES string of the molecule is COc1ccc(N2Cc3cnc(NCC(F)(F)F)nc3N(c3ccc(C(=O)O)cc3)C2=O)cc1. The maximum Gasteiger partial charge on any atom is 0.405 e. The Morgan fingerprint density at radius 1 is 1.12 bits per heavy atom. The Kier molecular flexibility index (Phi) is 5.97. The van der Waals surface area contributed by atoms with E-state index in [9.17, 15) is 27.9 Å². The van der Waals surface area contributed by atoms with Crippen LogP contribution in [0.4, 0.5) is 41.1 Å². The van der Waals surface area contributed by atoms with Gasteiger partial charge in [0, 0.05) is 17.4 Å². The Balaban J connectivity index is 1.76. The average molecular weight is 473 g/mol. The second kappa shape index (κ2) is 8.89. The van der Waals surface area contributed by atoms with Crippen LogP contribution in [0.2, 0.25) is 0 Å². The van der Waals surface area contributed by atoms with Gasteiger partial charge in [0.15, 0.2) is 5.82 Å². The Morgan fingerprint density at radius 3 is 2.35 bits per heavy atom. The molecule has 12 heteroatoms. The van der Waals surface area contributed by atoms with Crippen molar-refractivity contribution < 1.29 is 32.6 Å². The number of benzene rings is 2. The van der Waals surface area contributed by atoms with Crippen molar-refractivity contribution in [3.63, 3.8) is 0 Å². The van der Waals surface area contributed by atoms with Crippen LogP contribution in [-0.4, -0.2) is 46.9 Å². The van der Waals surface area contributed by atoms with Crippen LogP contribution in [0.5, 0.6) is 5.75 Å². The molecule has 4 rings (SSSR count). The minimum atomic E-state index is -4.48. The highest BCUT2D eigenvalue weighted by molar-refractivity contribution is 6.10. The first-order chi connectivity index (χ1) is 16.2. The molecule has 0 saturated heterocycles. The summed E-state index contributed by atoms with van der Waals surface area (Å²) in [6.45, 7) is -1.27. The molecule has 0 atom stereocenters. The first-order valence-corrected chi connectivity index (χ1v) is 9.92. The predicted molar refractivity (Wildman–Crippen MR) is 117 cm³/mol. The molecule has 0 saturated carbocycles. The molecule has 0 radical (unpaired) electrons. The van der Waals surface area contributed by atoms with E-state index in [0.717, 1.165) is 0 Å². The number of ether oxygens (including phenoxy) is 1. The standard InChI is InChI=1S/C22H18F3N5O4/c1-34-17-8-6-15(7-9-17)29-11-14-10-26-20(27-12-22(23,24)25)28-18(14)30(21(29)33)16-4-2-13(3-5-16)19(31)32/h2-10H,11-12H2,1H3,(H,31,32)(H,26,27,28). The maximum atomic E-state index is 13.5. The number of nitrogens with zero attached hydrogens (tertiary/aromatic N) is 4. The van der Waals surface area contributed by atoms with Gasteiger partial charge in [-0.1, -0.05) is 0 Å². The molecule has 1 aromatic heterocycles. The third-order valence-corrected chi connectivity index (χ3v) is 5.01. The topological polar surface area (TPSA) is 108 Å². The lowest BCUT2D eigenvalue weighted by atomic mass is 10.1. The zero-order valence-corrected chi connectivity index (χ0v) is 17.7. The molecule has 1 aliphatic rings. The summed E-state index contributed by atoms with van der Waals surface area (Å²) in [5, 5.41) is 11.3. The molecule has 0 bridgehead atoms. The van der Waals surface area contributed by atoms with Crippen LogP contribution in [0.1, 0.15) is 15.9 Å². The number of carbonyl (C=O) groups excluding carboxylic acids is 1. The van der Waals surface area contributed by atoms with Crippen molar-refractivity contribution in [3.8, 4) is 5.75 Å². The first-order valence-electron chi connectivity index (χ1n) is 9.92. The molecule has 176 valence electrons. The zero-order valence-electron chi connectivity index (χ0n) is 17.7. The largest absolute Gasteiger partial charge is 0.497 e. The molecule has 2 amide bonds. The molecular formula is C22H18F3N5O4. The summed E-state index contributed by atoms with van der Waals surface area (Å²) in [7, 11) is 1.52. The number of rotatable bonds is 6. The van der Waals surface area contributed by atoms with E-state index >= 15 is 0 Å². The monoisotopic (exact) mass is 473 g/mol. The Bertz CT molecular complexity index is 1220. The van der Waals surface area contributed by atoms with Gasteiger partial charge in [-0.25, -0.2) is 19.5 Å². The molecular weight excluding hydrogens is 455 g/mol. The van der Waals surface area contributed by atoms with Crippen molar-refractivity contribution in [1.82, 2.24) is 9.97 Å². The summed E-state index contributed by atoms with van der Waals surface area (Å²) in [6, 6.07) is 11.7. The van der Waals surface area contributed by atoms with Gasteiger partial charge in [0.25, 0.3) is 0 Å². The van der Waals surface area contributed by atoms with Gasteiger partial charge in [0.1, 0.15) is 12.3 Å². The number of aromatic nitrogens is 2. The Morgan fingerprint density at radius 2 is 1.76 bits per heavy atom. The molecule has 2 aromatic carbocycles. The number of nitrogens with one attached hydrogen (secondary N) is 1. The van der Waals surface area contributed by atoms with E-state index in [-0.39, 0.29) is 29.6 Å². The van der Waals surface area contributed by atoms with Crippen LogP contribution in [0, 0.1) is 0 Å². The Labute approximate surface area is 191 Å². The number of carboxylic acid groups (broad SMARTS) is 1. The van der Waals surface area contributed by atoms with Crippen LogP contribution < -0.4 is 19.9 Å². The van der Waals surface area contributed by atoms with Crippen LogP contribution in [-0.2, 0) is 6.54 Å². The number of anilines is 4. The van der Waals surface area contributed by atoms with Gasteiger partial charge >= 0.3 is 18.2 Å². The maximum absolute atomic E-state index is 13.5. The number of halogens is 3. The number of amides is 2. The summed E-state index contributed by atoms with van der Waals surface area (Å²) in [4.78, 5) is 35.5. The van der Waals surface area contributed by atoms with E-state index in [0.29, 0.717) is 17.0 Å². The number of alkyl halides is 3. The number of carboxylic acids is 1. The normalized spacial score (nSPS) is 13.5.